The highest BCUT2D eigenvalue weighted by Crippen LogP contribution is 2.31. The number of hydrogen-bond acceptors (Lipinski definition) is 3. The van der Waals surface area contributed by atoms with Crippen molar-refractivity contribution in [3.63, 3.8) is 0 Å². The van der Waals surface area contributed by atoms with Gasteiger partial charge in [-0.15, -0.1) is 0 Å². The predicted octanol–water partition coefficient (Wildman–Crippen LogP) is 2.99. The maximum Gasteiger partial charge on any atom is 0.416 e. The lowest BCUT2D eigenvalue weighted by Crippen LogP contribution is -2.05. The first kappa shape index (κ1) is 12.3. The lowest BCUT2D eigenvalue weighted by Gasteiger charge is -2.06. The zero-order valence-corrected chi connectivity index (χ0v) is 9.72. The quantitative estimate of drug-likeness (QED) is 0.782. The predicted molar refractivity (Wildman–Crippen MR) is 58.4 cm³/mol. The van der Waals surface area contributed by atoms with E-state index in [1.807, 2.05) is 0 Å². The molecule has 1 fully saturated rings. The Kier molecular flexibility index (Phi) is 3.11. The molecule has 1 aliphatic rings. The third kappa shape index (κ3) is 2.96. The van der Waals surface area contributed by atoms with Crippen molar-refractivity contribution in [3.05, 3.63) is 23.9 Å². The van der Waals surface area contributed by atoms with Crippen molar-refractivity contribution in [1.82, 2.24) is 4.98 Å². The molecular weight excluding hydrogens is 253 g/mol. The molecule has 0 bridgehead atoms. The van der Waals surface area contributed by atoms with Crippen LogP contribution in [0.1, 0.15) is 18.4 Å². The molecule has 0 unspecified atom stereocenters. The van der Waals surface area contributed by atoms with Crippen molar-refractivity contribution in [1.29, 1.82) is 0 Å². The summed E-state index contributed by atoms with van der Waals surface area (Å²) < 4.78 is 53.2. The molecule has 0 radical (unpaired) electrons. The van der Waals surface area contributed by atoms with Gasteiger partial charge in [0.25, 0.3) is 0 Å². The van der Waals surface area contributed by atoms with E-state index in [-0.39, 0.29) is 5.82 Å². The molecule has 1 saturated heterocycles. The zero-order chi connectivity index (χ0) is 12.5. The van der Waals surface area contributed by atoms with Crippen molar-refractivity contribution in [3.8, 4) is 0 Å². The van der Waals surface area contributed by atoms with Crippen LogP contribution in [0.4, 0.5) is 19.0 Å². The highest BCUT2D eigenvalue weighted by Gasteiger charge is 2.30. The molecular formula is C10H11F3N2OS. The molecule has 0 saturated carbocycles. The smallest absolute Gasteiger partial charge is 0.249 e. The second-order valence-corrected chi connectivity index (χ2v) is 6.42. The molecule has 0 spiro atoms. The topological polar surface area (TPSA) is 42.3 Å². The van der Waals surface area contributed by atoms with Crippen LogP contribution in [-0.2, 0) is 15.9 Å². The van der Waals surface area contributed by atoms with Crippen molar-refractivity contribution in [2.24, 2.45) is 4.36 Å². The summed E-state index contributed by atoms with van der Waals surface area (Å²) in [7, 11) is -2.37. The summed E-state index contributed by atoms with van der Waals surface area (Å²) in [6.45, 7) is 0. The van der Waals surface area contributed by atoms with Gasteiger partial charge >= 0.3 is 6.18 Å². The average Bonchev–Trinajstić information content (AvgIpc) is 2.64. The van der Waals surface area contributed by atoms with Crippen molar-refractivity contribution < 1.29 is 17.4 Å². The largest absolute Gasteiger partial charge is 0.416 e. The van der Waals surface area contributed by atoms with E-state index < -0.39 is 21.5 Å². The minimum Gasteiger partial charge on any atom is -0.249 e. The van der Waals surface area contributed by atoms with Gasteiger partial charge in [0, 0.05) is 17.7 Å². The normalized spacial score (nSPS) is 19.2. The van der Waals surface area contributed by atoms with Gasteiger partial charge in [-0.05, 0) is 25.0 Å². The molecule has 1 aromatic heterocycles. The maximum atomic E-state index is 12.4. The number of aromatic nitrogens is 1. The zero-order valence-electron chi connectivity index (χ0n) is 8.91. The van der Waals surface area contributed by atoms with E-state index in [0.717, 1.165) is 31.2 Å². The number of pyridine rings is 1. The third-order valence-electron chi connectivity index (χ3n) is 2.51. The minimum atomic E-state index is -4.42. The van der Waals surface area contributed by atoms with Crippen molar-refractivity contribution >= 4 is 15.5 Å². The van der Waals surface area contributed by atoms with Gasteiger partial charge < -0.3 is 0 Å². The number of rotatable bonds is 1. The molecule has 17 heavy (non-hydrogen) atoms. The van der Waals surface area contributed by atoms with Crippen LogP contribution in [0.15, 0.2) is 22.7 Å². The van der Waals surface area contributed by atoms with Gasteiger partial charge in [-0.2, -0.15) is 17.5 Å². The summed E-state index contributed by atoms with van der Waals surface area (Å²) in [5.74, 6) is 0.808. The first-order chi connectivity index (χ1) is 7.89. The van der Waals surface area contributed by atoms with Gasteiger partial charge in [0.15, 0.2) is 5.82 Å². The van der Waals surface area contributed by atoms with E-state index in [4.69, 9.17) is 0 Å². The van der Waals surface area contributed by atoms with E-state index in [9.17, 15) is 17.4 Å². The highest BCUT2D eigenvalue weighted by atomic mass is 32.2. The highest BCUT2D eigenvalue weighted by molar-refractivity contribution is 7.93. The molecule has 1 aromatic rings. The van der Waals surface area contributed by atoms with Gasteiger partial charge in [-0.1, -0.05) is 0 Å². The van der Waals surface area contributed by atoms with Crippen molar-refractivity contribution in [2.45, 2.75) is 19.0 Å². The average molecular weight is 264 g/mol. The fraction of sp³-hybridized carbons (Fsp3) is 0.500. The fourth-order valence-electron chi connectivity index (χ4n) is 1.66. The van der Waals surface area contributed by atoms with Crippen LogP contribution in [0.5, 0.6) is 0 Å². The van der Waals surface area contributed by atoms with Crippen LogP contribution < -0.4 is 0 Å². The molecule has 1 aliphatic heterocycles. The van der Waals surface area contributed by atoms with E-state index >= 15 is 0 Å². The number of halogens is 3. The molecule has 0 aromatic carbocycles. The number of alkyl halides is 3. The SMILES string of the molecule is O=S1(=Nc2cc(C(F)(F)F)ccn2)CCCC1. The molecule has 2 heterocycles. The Labute approximate surface area is 97.2 Å². The Balaban J connectivity index is 2.38. The number of nitrogens with zero attached hydrogens (tertiary/aromatic N) is 2. The molecule has 2 rings (SSSR count). The van der Waals surface area contributed by atoms with Gasteiger partial charge in [0.05, 0.1) is 15.3 Å². The first-order valence-corrected chi connectivity index (χ1v) is 7.00. The second-order valence-electron chi connectivity index (χ2n) is 3.88. The van der Waals surface area contributed by atoms with E-state index in [2.05, 4.69) is 9.35 Å². The van der Waals surface area contributed by atoms with Crippen molar-refractivity contribution in [2.75, 3.05) is 11.5 Å². The molecule has 0 amide bonds. The molecule has 0 aliphatic carbocycles. The molecule has 3 nitrogen and oxygen atoms in total. The van der Waals surface area contributed by atoms with E-state index in [0.29, 0.717) is 11.5 Å². The Morgan fingerprint density at radius 1 is 1.29 bits per heavy atom. The summed E-state index contributed by atoms with van der Waals surface area (Å²) in [5, 5.41) is 0. The Bertz CT molecular complexity index is 521. The summed E-state index contributed by atoms with van der Waals surface area (Å²) in [4.78, 5) is 3.72. The van der Waals surface area contributed by atoms with Crippen LogP contribution in [0.3, 0.4) is 0 Å². The van der Waals surface area contributed by atoms with Crippen LogP contribution in [-0.4, -0.2) is 20.7 Å². The lowest BCUT2D eigenvalue weighted by molar-refractivity contribution is -0.137. The van der Waals surface area contributed by atoms with Crippen LogP contribution in [0.25, 0.3) is 0 Å². The van der Waals surface area contributed by atoms with Gasteiger partial charge in [0.2, 0.25) is 0 Å². The maximum absolute atomic E-state index is 12.4. The van der Waals surface area contributed by atoms with Gasteiger partial charge in [-0.25, -0.2) is 9.19 Å². The summed E-state index contributed by atoms with van der Waals surface area (Å²) >= 11 is 0. The Hall–Kier alpha value is -1.11. The van der Waals surface area contributed by atoms with Crippen LogP contribution in [0, 0.1) is 0 Å². The standard InChI is InChI=1S/C10H11F3N2OS/c11-10(12,13)8-3-4-14-9(7-8)15-17(16)5-1-2-6-17/h3-4,7H,1-2,5-6H2. The Morgan fingerprint density at radius 3 is 2.53 bits per heavy atom. The monoisotopic (exact) mass is 264 g/mol. The first-order valence-electron chi connectivity index (χ1n) is 5.15. The molecule has 0 atom stereocenters. The van der Waals surface area contributed by atoms with Crippen LogP contribution in [0.2, 0.25) is 0 Å². The summed E-state index contributed by atoms with van der Waals surface area (Å²) in [6, 6.07) is 1.71. The van der Waals surface area contributed by atoms with E-state index in [1.54, 1.807) is 0 Å². The molecule has 0 N–H and O–H groups in total. The molecule has 94 valence electrons. The number of hydrogen-bond donors (Lipinski definition) is 0. The molecule has 7 heteroatoms. The second kappa shape index (κ2) is 4.29. The lowest BCUT2D eigenvalue weighted by atomic mass is 10.2. The Morgan fingerprint density at radius 2 is 1.94 bits per heavy atom. The van der Waals surface area contributed by atoms with E-state index in [1.165, 1.54) is 0 Å². The minimum absolute atomic E-state index is 0.0910. The van der Waals surface area contributed by atoms with Gasteiger partial charge in [-0.3, -0.25) is 0 Å². The third-order valence-corrected chi connectivity index (χ3v) is 4.88. The van der Waals surface area contributed by atoms with Crippen LogP contribution >= 0.6 is 0 Å². The fourth-order valence-corrected chi connectivity index (χ4v) is 3.80. The summed E-state index contributed by atoms with van der Waals surface area (Å²) in [5.41, 5.74) is -0.813. The summed E-state index contributed by atoms with van der Waals surface area (Å²) in [6.07, 6.45) is -1.77. The van der Waals surface area contributed by atoms with Gasteiger partial charge in [0.1, 0.15) is 0 Å².